The third-order valence-electron chi connectivity index (χ3n) is 4.71. The van der Waals surface area contributed by atoms with Crippen LogP contribution in [0.25, 0.3) is 10.9 Å². The number of benzene rings is 1. The third-order valence-corrected chi connectivity index (χ3v) is 4.71. The van der Waals surface area contributed by atoms with Crippen LogP contribution in [-0.4, -0.2) is 50.3 Å². The van der Waals surface area contributed by atoms with Gasteiger partial charge in [0.25, 0.3) is 5.56 Å². The molecule has 1 saturated heterocycles. The molecule has 1 aliphatic carbocycles. The first kappa shape index (κ1) is 15.7. The maximum absolute atomic E-state index is 12.6. The minimum absolute atomic E-state index is 0.0923. The number of carbonyl (C=O) groups is 2. The second-order valence-corrected chi connectivity index (χ2v) is 6.60. The van der Waals surface area contributed by atoms with Crippen LogP contribution in [0.5, 0.6) is 0 Å². The number of amides is 2. The first-order valence-corrected chi connectivity index (χ1v) is 8.56. The number of fused-ring (bicyclic) bond motifs is 1. The molecule has 25 heavy (non-hydrogen) atoms. The van der Waals surface area contributed by atoms with Crippen LogP contribution in [0.4, 0.5) is 0 Å². The molecule has 2 aromatic rings. The summed E-state index contributed by atoms with van der Waals surface area (Å²) in [6.45, 7) is 0.321. The smallest absolute Gasteiger partial charge is 0.278 e. The van der Waals surface area contributed by atoms with Crippen molar-refractivity contribution in [1.82, 2.24) is 25.2 Å². The predicted molar refractivity (Wildman–Crippen MR) is 89.7 cm³/mol. The Labute approximate surface area is 143 Å². The molecule has 1 saturated carbocycles. The lowest BCUT2D eigenvalue weighted by atomic mass is 10.2. The number of nitrogens with zero attached hydrogens (tertiary/aromatic N) is 4. The number of aromatic nitrogens is 3. The Balaban J connectivity index is 1.52. The van der Waals surface area contributed by atoms with Gasteiger partial charge in [-0.2, -0.15) is 0 Å². The molecule has 0 spiro atoms. The van der Waals surface area contributed by atoms with Gasteiger partial charge in [0.15, 0.2) is 0 Å². The van der Waals surface area contributed by atoms with Gasteiger partial charge >= 0.3 is 0 Å². The second kappa shape index (κ2) is 6.27. The van der Waals surface area contributed by atoms with E-state index in [1.807, 2.05) is 0 Å². The third kappa shape index (κ3) is 3.11. The molecular weight excluding hydrogens is 322 g/mol. The summed E-state index contributed by atoms with van der Waals surface area (Å²) in [7, 11) is 0. The molecular formula is C17H19N5O3. The lowest BCUT2D eigenvalue weighted by Gasteiger charge is -2.24. The topological polar surface area (TPSA) is 97.2 Å². The lowest BCUT2D eigenvalue weighted by molar-refractivity contribution is -0.139. The van der Waals surface area contributed by atoms with E-state index in [1.165, 1.54) is 0 Å². The molecule has 1 aromatic heterocycles. The van der Waals surface area contributed by atoms with Crippen molar-refractivity contribution in [3.63, 3.8) is 0 Å². The molecule has 1 aromatic carbocycles. The van der Waals surface area contributed by atoms with E-state index in [0.29, 0.717) is 23.9 Å². The number of nitrogens with one attached hydrogen (secondary N) is 1. The Kier molecular flexibility index (Phi) is 3.95. The summed E-state index contributed by atoms with van der Waals surface area (Å²) in [5, 5.41) is 11.2. The summed E-state index contributed by atoms with van der Waals surface area (Å²) in [6.07, 6.45) is 3.46. The van der Waals surface area contributed by atoms with Gasteiger partial charge in [0.1, 0.15) is 18.1 Å². The van der Waals surface area contributed by atoms with Crippen LogP contribution in [0.1, 0.15) is 25.7 Å². The number of rotatable bonds is 4. The monoisotopic (exact) mass is 341 g/mol. The molecule has 130 valence electrons. The lowest BCUT2D eigenvalue weighted by Crippen LogP contribution is -2.48. The molecule has 8 nitrogen and oxygen atoms in total. The maximum atomic E-state index is 12.6. The van der Waals surface area contributed by atoms with Gasteiger partial charge in [0.2, 0.25) is 11.8 Å². The molecule has 2 heterocycles. The molecule has 1 unspecified atom stereocenters. The van der Waals surface area contributed by atoms with E-state index >= 15 is 0 Å². The highest BCUT2D eigenvalue weighted by Gasteiger charge is 2.36. The molecule has 0 bridgehead atoms. The number of hydrogen-bond donors (Lipinski definition) is 1. The molecule has 1 atom stereocenters. The summed E-state index contributed by atoms with van der Waals surface area (Å²) in [6, 6.07) is 6.70. The van der Waals surface area contributed by atoms with E-state index in [0.717, 1.165) is 23.9 Å². The maximum Gasteiger partial charge on any atom is 0.278 e. The van der Waals surface area contributed by atoms with Crippen LogP contribution in [-0.2, 0) is 16.1 Å². The number of likely N-dealkylation sites (tertiary alicyclic amines) is 1. The van der Waals surface area contributed by atoms with Crippen molar-refractivity contribution in [2.24, 2.45) is 0 Å². The molecule has 2 fully saturated rings. The Morgan fingerprint density at radius 1 is 1.20 bits per heavy atom. The standard InChI is InChI=1S/C17H19N5O3/c23-15(21-9-3-6-14(21)16(24)18-11-7-8-11)10-22-17(25)12-4-1-2-5-13(12)19-20-22/h1-2,4-5,11,14H,3,6-10H2,(H,18,24). The normalized spacial score (nSPS) is 20.0. The molecule has 2 aliphatic rings. The van der Waals surface area contributed by atoms with Gasteiger partial charge in [-0.1, -0.05) is 17.3 Å². The van der Waals surface area contributed by atoms with Gasteiger partial charge in [0.05, 0.1) is 5.39 Å². The van der Waals surface area contributed by atoms with Crippen molar-refractivity contribution in [3.8, 4) is 0 Å². The van der Waals surface area contributed by atoms with Gasteiger partial charge in [0, 0.05) is 12.6 Å². The van der Waals surface area contributed by atoms with Gasteiger partial charge in [-0.3, -0.25) is 14.4 Å². The first-order chi connectivity index (χ1) is 12.1. The summed E-state index contributed by atoms with van der Waals surface area (Å²) in [4.78, 5) is 39.0. The highest BCUT2D eigenvalue weighted by molar-refractivity contribution is 5.88. The minimum Gasteiger partial charge on any atom is -0.352 e. The number of hydrogen-bond acceptors (Lipinski definition) is 5. The molecule has 4 rings (SSSR count). The summed E-state index contributed by atoms with van der Waals surface area (Å²) in [5.74, 6) is -0.370. The van der Waals surface area contributed by atoms with Crippen LogP contribution >= 0.6 is 0 Å². The summed E-state index contributed by atoms with van der Waals surface area (Å²) >= 11 is 0. The Morgan fingerprint density at radius 3 is 2.80 bits per heavy atom. The highest BCUT2D eigenvalue weighted by atomic mass is 16.2. The molecule has 1 aliphatic heterocycles. The van der Waals surface area contributed by atoms with E-state index in [9.17, 15) is 14.4 Å². The van der Waals surface area contributed by atoms with Crippen molar-refractivity contribution in [3.05, 3.63) is 34.6 Å². The van der Waals surface area contributed by atoms with Gasteiger partial charge in [-0.15, -0.1) is 5.10 Å². The van der Waals surface area contributed by atoms with Crippen molar-refractivity contribution in [1.29, 1.82) is 0 Å². The van der Waals surface area contributed by atoms with Crippen LogP contribution in [0, 0.1) is 0 Å². The zero-order chi connectivity index (χ0) is 17.4. The Bertz CT molecular complexity index is 889. The fourth-order valence-corrected chi connectivity index (χ4v) is 3.21. The van der Waals surface area contributed by atoms with Crippen molar-refractivity contribution >= 4 is 22.7 Å². The van der Waals surface area contributed by atoms with E-state index in [4.69, 9.17) is 0 Å². The molecule has 0 radical (unpaired) electrons. The summed E-state index contributed by atoms with van der Waals surface area (Å²) in [5.41, 5.74) is 0.149. The van der Waals surface area contributed by atoms with Gasteiger partial charge in [-0.05, 0) is 37.8 Å². The second-order valence-electron chi connectivity index (χ2n) is 6.60. The molecule has 8 heteroatoms. The van der Waals surface area contributed by atoms with Crippen molar-refractivity contribution < 1.29 is 9.59 Å². The highest BCUT2D eigenvalue weighted by Crippen LogP contribution is 2.22. The van der Waals surface area contributed by atoms with Crippen LogP contribution in [0.3, 0.4) is 0 Å². The zero-order valence-corrected chi connectivity index (χ0v) is 13.7. The fraction of sp³-hybridized carbons (Fsp3) is 0.471. The van der Waals surface area contributed by atoms with E-state index < -0.39 is 6.04 Å². The van der Waals surface area contributed by atoms with Crippen LogP contribution in [0.2, 0.25) is 0 Å². The summed E-state index contributed by atoms with van der Waals surface area (Å²) < 4.78 is 1.07. The largest absolute Gasteiger partial charge is 0.352 e. The average Bonchev–Trinajstić information content (AvgIpc) is 3.29. The SMILES string of the molecule is O=C(NC1CC1)C1CCCN1C(=O)Cn1nnc2ccccc2c1=O. The van der Waals surface area contributed by atoms with Gasteiger partial charge in [-0.25, -0.2) is 4.68 Å². The van der Waals surface area contributed by atoms with Crippen LogP contribution in [0.15, 0.2) is 29.1 Å². The zero-order valence-electron chi connectivity index (χ0n) is 13.7. The fourth-order valence-electron chi connectivity index (χ4n) is 3.21. The van der Waals surface area contributed by atoms with Gasteiger partial charge < -0.3 is 10.2 Å². The van der Waals surface area contributed by atoms with Crippen LogP contribution < -0.4 is 10.9 Å². The first-order valence-electron chi connectivity index (χ1n) is 8.56. The molecule has 2 amide bonds. The minimum atomic E-state index is -0.447. The quantitative estimate of drug-likeness (QED) is 0.848. The average molecular weight is 341 g/mol. The van der Waals surface area contributed by atoms with E-state index in [1.54, 1.807) is 29.2 Å². The molecule has 1 N–H and O–H groups in total. The van der Waals surface area contributed by atoms with Crippen molar-refractivity contribution in [2.45, 2.75) is 44.3 Å². The number of carbonyl (C=O) groups excluding carboxylic acids is 2. The van der Waals surface area contributed by atoms with Crippen molar-refractivity contribution in [2.75, 3.05) is 6.54 Å². The Hall–Kier alpha value is -2.77. The van der Waals surface area contributed by atoms with E-state index in [2.05, 4.69) is 15.6 Å². The Morgan fingerprint density at radius 2 is 2.00 bits per heavy atom. The predicted octanol–water partition coefficient (Wildman–Crippen LogP) is 0.0611. The van der Waals surface area contributed by atoms with E-state index in [-0.39, 0.29) is 30.0 Å².